The zero-order valence-corrected chi connectivity index (χ0v) is 13.9. The molecule has 2 aromatic rings. The summed E-state index contributed by atoms with van der Waals surface area (Å²) in [4.78, 5) is 23.5. The van der Waals surface area contributed by atoms with Crippen molar-refractivity contribution in [2.45, 2.75) is 0 Å². The lowest BCUT2D eigenvalue weighted by atomic mass is 10.1. The summed E-state index contributed by atoms with van der Waals surface area (Å²) in [5, 5.41) is 4.54. The summed E-state index contributed by atoms with van der Waals surface area (Å²) in [6, 6.07) is 9.89. The van der Waals surface area contributed by atoms with Gasteiger partial charge in [0.15, 0.2) is 5.17 Å². The van der Waals surface area contributed by atoms with Gasteiger partial charge in [-0.1, -0.05) is 12.1 Å². The van der Waals surface area contributed by atoms with Crippen molar-refractivity contribution in [3.8, 4) is 0 Å². The van der Waals surface area contributed by atoms with E-state index >= 15 is 0 Å². The maximum Gasteiger partial charge on any atom is 0.264 e. The van der Waals surface area contributed by atoms with Gasteiger partial charge in [-0.25, -0.2) is 0 Å². The highest BCUT2D eigenvalue weighted by molar-refractivity contribution is 8.18. The summed E-state index contributed by atoms with van der Waals surface area (Å²) in [5.41, 5.74) is 1.93. The molecule has 1 saturated heterocycles. The van der Waals surface area contributed by atoms with Crippen molar-refractivity contribution in [1.29, 1.82) is 0 Å². The van der Waals surface area contributed by atoms with E-state index < -0.39 is 0 Å². The molecule has 5 nitrogen and oxygen atoms in total. The van der Waals surface area contributed by atoms with Gasteiger partial charge in [-0.2, -0.15) is 0 Å². The third-order valence-corrected chi connectivity index (χ3v) is 4.33. The Morgan fingerprint density at radius 1 is 1.35 bits per heavy atom. The van der Waals surface area contributed by atoms with Crippen LogP contribution >= 0.6 is 11.8 Å². The Kier molecular flexibility index (Phi) is 4.73. The van der Waals surface area contributed by atoms with E-state index in [2.05, 4.69) is 20.2 Å². The minimum atomic E-state index is -0.0927. The van der Waals surface area contributed by atoms with Crippen molar-refractivity contribution in [1.82, 2.24) is 15.2 Å². The number of fused-ring (bicyclic) bond motifs is 1. The molecule has 6 heteroatoms. The number of amidine groups is 1. The van der Waals surface area contributed by atoms with Crippen LogP contribution in [0.1, 0.15) is 5.56 Å². The molecule has 1 fully saturated rings. The summed E-state index contributed by atoms with van der Waals surface area (Å²) >= 11 is 1.39. The third-order valence-electron chi connectivity index (χ3n) is 3.38. The summed E-state index contributed by atoms with van der Waals surface area (Å²) in [7, 11) is 4.00. The first kappa shape index (κ1) is 15.7. The van der Waals surface area contributed by atoms with E-state index in [1.54, 1.807) is 6.20 Å². The SMILES string of the molecule is CN(C)CCN=C1NC(=O)C(=Cc2ccc3ncccc3c2)S1. The number of nitrogens with one attached hydrogen (secondary N) is 1. The fourth-order valence-corrected chi connectivity index (χ4v) is 3.03. The van der Waals surface area contributed by atoms with Crippen molar-refractivity contribution >= 4 is 39.8 Å². The van der Waals surface area contributed by atoms with Crippen LogP contribution in [0.25, 0.3) is 17.0 Å². The molecule has 0 spiro atoms. The number of pyridine rings is 1. The number of benzene rings is 1. The van der Waals surface area contributed by atoms with Gasteiger partial charge in [0.1, 0.15) is 0 Å². The number of hydrogen-bond acceptors (Lipinski definition) is 5. The monoisotopic (exact) mass is 326 g/mol. The maximum absolute atomic E-state index is 12.0. The molecular formula is C17H18N4OS. The van der Waals surface area contributed by atoms with Crippen molar-refractivity contribution in [2.75, 3.05) is 27.2 Å². The molecule has 0 atom stereocenters. The summed E-state index contributed by atoms with van der Waals surface area (Å²) in [5.74, 6) is -0.0927. The molecule has 1 amide bonds. The largest absolute Gasteiger partial charge is 0.308 e. The normalized spacial score (nSPS) is 18.3. The number of hydrogen-bond donors (Lipinski definition) is 1. The molecule has 0 saturated carbocycles. The van der Waals surface area contributed by atoms with Crippen LogP contribution in [0.3, 0.4) is 0 Å². The highest BCUT2D eigenvalue weighted by Crippen LogP contribution is 2.26. The second kappa shape index (κ2) is 6.93. The number of carbonyl (C=O) groups excluding carboxylic acids is 1. The van der Waals surface area contributed by atoms with E-state index in [9.17, 15) is 4.79 Å². The van der Waals surface area contributed by atoms with Gasteiger partial charge in [0.05, 0.1) is 17.0 Å². The van der Waals surface area contributed by atoms with Crippen molar-refractivity contribution in [3.63, 3.8) is 0 Å². The van der Waals surface area contributed by atoms with E-state index in [0.717, 1.165) is 23.0 Å². The van der Waals surface area contributed by atoms with Crippen LogP contribution in [0, 0.1) is 0 Å². The average molecular weight is 326 g/mol. The first-order chi connectivity index (χ1) is 11.1. The lowest BCUT2D eigenvalue weighted by Crippen LogP contribution is -2.21. The summed E-state index contributed by atoms with van der Waals surface area (Å²) in [6.07, 6.45) is 3.66. The molecule has 118 valence electrons. The lowest BCUT2D eigenvalue weighted by molar-refractivity contribution is -0.115. The Morgan fingerprint density at radius 2 is 2.22 bits per heavy atom. The molecule has 0 unspecified atom stereocenters. The molecule has 1 aromatic carbocycles. The standard InChI is InChI=1S/C17H18N4OS/c1-21(2)9-8-19-17-20-16(22)15(23-17)11-12-5-6-14-13(10-12)4-3-7-18-14/h3-7,10-11H,8-9H2,1-2H3,(H,19,20,22). The number of likely N-dealkylation sites (N-methyl/N-ethyl adjacent to an activating group) is 1. The van der Waals surface area contributed by atoms with Crippen LogP contribution in [0.15, 0.2) is 46.4 Å². The first-order valence-electron chi connectivity index (χ1n) is 7.37. The van der Waals surface area contributed by atoms with Gasteiger partial charge < -0.3 is 10.2 Å². The predicted molar refractivity (Wildman–Crippen MR) is 96.3 cm³/mol. The summed E-state index contributed by atoms with van der Waals surface area (Å²) in [6.45, 7) is 1.53. The molecule has 0 bridgehead atoms. The first-order valence-corrected chi connectivity index (χ1v) is 8.18. The van der Waals surface area contributed by atoms with Crippen molar-refractivity contribution in [3.05, 3.63) is 47.0 Å². The quantitative estimate of drug-likeness (QED) is 0.876. The Balaban J connectivity index is 1.77. The number of aromatic nitrogens is 1. The Labute approximate surface area is 139 Å². The Hall–Kier alpha value is -2.18. The van der Waals surface area contributed by atoms with E-state index in [-0.39, 0.29) is 5.91 Å². The minimum absolute atomic E-state index is 0.0927. The highest BCUT2D eigenvalue weighted by Gasteiger charge is 2.23. The van der Waals surface area contributed by atoms with Crippen LogP contribution in [-0.4, -0.2) is 48.1 Å². The molecule has 1 aromatic heterocycles. The van der Waals surface area contributed by atoms with Crippen molar-refractivity contribution in [2.24, 2.45) is 4.99 Å². The molecule has 2 heterocycles. The predicted octanol–water partition coefficient (Wildman–Crippen LogP) is 2.36. The van der Waals surface area contributed by atoms with E-state index in [4.69, 9.17) is 0 Å². The number of thioether (sulfide) groups is 1. The Morgan fingerprint density at radius 3 is 3.04 bits per heavy atom. The molecule has 0 aliphatic carbocycles. The van der Waals surface area contributed by atoms with Gasteiger partial charge in [-0.3, -0.25) is 14.8 Å². The molecular weight excluding hydrogens is 308 g/mol. The van der Waals surface area contributed by atoms with E-state index in [0.29, 0.717) is 16.6 Å². The molecule has 0 radical (unpaired) electrons. The number of nitrogens with zero attached hydrogens (tertiary/aromatic N) is 3. The highest BCUT2D eigenvalue weighted by atomic mass is 32.2. The fraction of sp³-hybridized carbons (Fsp3) is 0.235. The summed E-state index contributed by atoms with van der Waals surface area (Å²) < 4.78 is 0. The lowest BCUT2D eigenvalue weighted by Gasteiger charge is -2.05. The van der Waals surface area contributed by atoms with Gasteiger partial charge in [0.25, 0.3) is 5.91 Å². The zero-order valence-electron chi connectivity index (χ0n) is 13.1. The molecule has 23 heavy (non-hydrogen) atoms. The van der Waals surface area contributed by atoms with E-state index in [1.165, 1.54) is 11.8 Å². The zero-order chi connectivity index (χ0) is 16.2. The van der Waals surface area contributed by atoms with Crippen LogP contribution in [0.4, 0.5) is 0 Å². The van der Waals surface area contributed by atoms with Gasteiger partial charge in [-0.05, 0) is 55.7 Å². The van der Waals surface area contributed by atoms with Gasteiger partial charge in [0.2, 0.25) is 0 Å². The maximum atomic E-state index is 12.0. The minimum Gasteiger partial charge on any atom is -0.308 e. The number of rotatable bonds is 4. The number of amides is 1. The van der Waals surface area contributed by atoms with Gasteiger partial charge >= 0.3 is 0 Å². The Bertz CT molecular complexity index is 798. The second-order valence-electron chi connectivity index (χ2n) is 5.51. The topological polar surface area (TPSA) is 57.6 Å². The second-order valence-corrected chi connectivity index (χ2v) is 6.54. The van der Waals surface area contributed by atoms with Crippen LogP contribution in [0.2, 0.25) is 0 Å². The average Bonchev–Trinajstić information content (AvgIpc) is 2.87. The molecule has 1 N–H and O–H groups in total. The molecule has 1 aliphatic rings. The van der Waals surface area contributed by atoms with E-state index in [1.807, 2.05) is 50.5 Å². The van der Waals surface area contributed by atoms with Crippen LogP contribution in [-0.2, 0) is 4.79 Å². The van der Waals surface area contributed by atoms with Crippen molar-refractivity contribution < 1.29 is 4.79 Å². The smallest absolute Gasteiger partial charge is 0.264 e. The van der Waals surface area contributed by atoms with Gasteiger partial charge in [-0.15, -0.1) is 0 Å². The molecule has 3 rings (SSSR count). The van der Waals surface area contributed by atoms with Crippen LogP contribution in [0.5, 0.6) is 0 Å². The fourth-order valence-electron chi connectivity index (χ4n) is 2.19. The third kappa shape index (κ3) is 3.97. The van der Waals surface area contributed by atoms with Gasteiger partial charge in [0, 0.05) is 18.1 Å². The number of aliphatic imine (C=N–C) groups is 1. The van der Waals surface area contributed by atoms with Crippen LogP contribution < -0.4 is 5.32 Å². The molecule has 1 aliphatic heterocycles. The number of carbonyl (C=O) groups is 1.